The van der Waals surface area contributed by atoms with Crippen molar-refractivity contribution >= 4 is 40.3 Å². The van der Waals surface area contributed by atoms with E-state index in [-0.39, 0.29) is 5.91 Å². The van der Waals surface area contributed by atoms with Gasteiger partial charge in [0.15, 0.2) is 11.5 Å². The minimum Gasteiger partial charge on any atom is -0.493 e. The van der Waals surface area contributed by atoms with Crippen molar-refractivity contribution in [2.24, 2.45) is 5.92 Å². The first-order valence-corrected chi connectivity index (χ1v) is 10.3. The lowest BCUT2D eigenvalue weighted by Gasteiger charge is -2.13. The molecule has 1 aromatic carbocycles. The molecule has 1 amide bonds. The van der Waals surface area contributed by atoms with E-state index < -0.39 is 0 Å². The van der Waals surface area contributed by atoms with E-state index in [0.717, 1.165) is 12.0 Å². The van der Waals surface area contributed by atoms with Gasteiger partial charge in [-0.2, -0.15) is 0 Å². The predicted octanol–water partition coefficient (Wildman–Crippen LogP) is 5.11. The molecule has 0 spiro atoms. The van der Waals surface area contributed by atoms with Crippen molar-refractivity contribution in [1.82, 2.24) is 4.90 Å². The number of methoxy groups -OCH3 is 1. The van der Waals surface area contributed by atoms with E-state index in [0.29, 0.717) is 45.6 Å². The summed E-state index contributed by atoms with van der Waals surface area (Å²) in [6, 6.07) is 9.26. The fraction of sp³-hybridized carbons (Fsp3) is 0.333. The summed E-state index contributed by atoms with van der Waals surface area (Å²) in [5.41, 5.74) is 0.853. The minimum absolute atomic E-state index is 0.123. The second kappa shape index (κ2) is 9.30. The van der Waals surface area contributed by atoms with Gasteiger partial charge in [-0.1, -0.05) is 43.9 Å². The second-order valence-corrected chi connectivity index (χ2v) is 8.46. The van der Waals surface area contributed by atoms with E-state index in [1.54, 1.807) is 24.3 Å². The Hall–Kier alpha value is -2.25. The van der Waals surface area contributed by atoms with Crippen LogP contribution in [0.5, 0.6) is 11.5 Å². The maximum absolute atomic E-state index is 12.7. The molecule has 1 aromatic heterocycles. The summed E-state index contributed by atoms with van der Waals surface area (Å²) in [4.78, 5) is 14.8. The molecule has 0 radical (unpaired) electrons. The minimum atomic E-state index is -0.123. The first kappa shape index (κ1) is 20.5. The number of hydrogen-bond donors (Lipinski definition) is 0. The molecule has 2 aromatic rings. The molecule has 5 nitrogen and oxygen atoms in total. The Kier molecular flexibility index (Phi) is 6.80. The molecule has 0 atom stereocenters. The van der Waals surface area contributed by atoms with Crippen LogP contribution in [0.3, 0.4) is 0 Å². The molecule has 1 saturated heterocycles. The van der Waals surface area contributed by atoms with Crippen LogP contribution in [0.2, 0.25) is 0 Å². The van der Waals surface area contributed by atoms with E-state index in [2.05, 4.69) is 13.8 Å². The smallest absolute Gasteiger partial charge is 0.266 e. The Balaban J connectivity index is 1.73. The van der Waals surface area contributed by atoms with Gasteiger partial charge in [0.25, 0.3) is 5.91 Å². The third-order valence-electron chi connectivity index (χ3n) is 4.21. The fourth-order valence-electron chi connectivity index (χ4n) is 2.64. The molecule has 0 saturated carbocycles. The molecule has 1 aliphatic rings. The van der Waals surface area contributed by atoms with E-state index in [1.807, 2.05) is 30.3 Å². The molecular weight excluding hydrogens is 394 g/mol. The summed E-state index contributed by atoms with van der Waals surface area (Å²) in [6.07, 6.45) is 4.38. The largest absolute Gasteiger partial charge is 0.493 e. The molecule has 1 fully saturated rings. The van der Waals surface area contributed by atoms with Crippen molar-refractivity contribution in [3.05, 3.63) is 52.8 Å². The van der Waals surface area contributed by atoms with Gasteiger partial charge in [-0.15, -0.1) is 0 Å². The first-order valence-electron chi connectivity index (χ1n) is 9.06. The van der Waals surface area contributed by atoms with Crippen molar-refractivity contribution in [3.8, 4) is 11.5 Å². The van der Waals surface area contributed by atoms with E-state index in [9.17, 15) is 4.79 Å². The van der Waals surface area contributed by atoms with Gasteiger partial charge in [-0.25, -0.2) is 0 Å². The molecular formula is C21H23NO4S2. The van der Waals surface area contributed by atoms with Crippen molar-refractivity contribution in [1.29, 1.82) is 0 Å². The number of hydrogen-bond acceptors (Lipinski definition) is 6. The Labute approximate surface area is 174 Å². The van der Waals surface area contributed by atoms with Gasteiger partial charge in [0.05, 0.1) is 31.4 Å². The number of thiocarbonyl (C=S) groups is 1. The molecule has 148 valence electrons. The number of benzene rings is 1. The van der Waals surface area contributed by atoms with E-state index >= 15 is 0 Å². The zero-order valence-electron chi connectivity index (χ0n) is 16.1. The summed E-state index contributed by atoms with van der Waals surface area (Å²) >= 11 is 6.65. The molecule has 3 rings (SSSR count). The summed E-state index contributed by atoms with van der Waals surface area (Å²) in [5, 5.41) is 0. The SMILES string of the molecule is COc1cc(/C=C2/SC(=S)N(Cc3ccco3)C2=O)ccc1OCCC(C)C. The third-order valence-corrected chi connectivity index (χ3v) is 5.58. The summed E-state index contributed by atoms with van der Waals surface area (Å²) < 4.78 is 17.1. The molecule has 0 N–H and O–H groups in total. The van der Waals surface area contributed by atoms with Crippen molar-refractivity contribution in [2.75, 3.05) is 13.7 Å². The maximum atomic E-state index is 12.7. The van der Waals surface area contributed by atoms with Gasteiger partial charge in [-0.3, -0.25) is 9.69 Å². The number of thioether (sulfide) groups is 1. The first-order chi connectivity index (χ1) is 13.5. The van der Waals surface area contributed by atoms with Crippen LogP contribution in [0.1, 0.15) is 31.6 Å². The van der Waals surface area contributed by atoms with Gasteiger partial charge in [-0.05, 0) is 48.2 Å². The highest BCUT2D eigenvalue weighted by molar-refractivity contribution is 8.26. The topological polar surface area (TPSA) is 51.9 Å². The highest BCUT2D eigenvalue weighted by Gasteiger charge is 2.32. The highest BCUT2D eigenvalue weighted by atomic mass is 32.2. The van der Waals surface area contributed by atoms with Gasteiger partial charge >= 0.3 is 0 Å². The lowest BCUT2D eigenvalue weighted by Crippen LogP contribution is -2.27. The van der Waals surface area contributed by atoms with Gasteiger partial charge < -0.3 is 13.9 Å². The van der Waals surface area contributed by atoms with Gasteiger partial charge in [0.1, 0.15) is 10.1 Å². The Morgan fingerprint density at radius 3 is 2.79 bits per heavy atom. The summed E-state index contributed by atoms with van der Waals surface area (Å²) in [7, 11) is 1.61. The third kappa shape index (κ3) is 4.97. The predicted molar refractivity (Wildman–Crippen MR) is 115 cm³/mol. The van der Waals surface area contributed by atoms with Crippen molar-refractivity contribution < 1.29 is 18.7 Å². The molecule has 0 unspecified atom stereocenters. The number of nitrogens with zero attached hydrogens (tertiary/aromatic N) is 1. The molecule has 1 aliphatic heterocycles. The van der Waals surface area contributed by atoms with Crippen LogP contribution in [0.4, 0.5) is 0 Å². The van der Waals surface area contributed by atoms with Crippen LogP contribution in [0.25, 0.3) is 6.08 Å². The number of furan rings is 1. The lowest BCUT2D eigenvalue weighted by molar-refractivity contribution is -0.122. The van der Waals surface area contributed by atoms with Crippen molar-refractivity contribution in [3.63, 3.8) is 0 Å². The highest BCUT2D eigenvalue weighted by Crippen LogP contribution is 2.35. The van der Waals surface area contributed by atoms with Crippen LogP contribution < -0.4 is 9.47 Å². The van der Waals surface area contributed by atoms with E-state index in [4.69, 9.17) is 26.1 Å². The molecule has 0 bridgehead atoms. The molecule has 2 heterocycles. The normalized spacial score (nSPS) is 15.7. The quantitative estimate of drug-likeness (QED) is 0.439. The second-order valence-electron chi connectivity index (χ2n) is 6.79. The average molecular weight is 418 g/mol. The Bertz CT molecular complexity index is 875. The van der Waals surface area contributed by atoms with Crippen LogP contribution in [0, 0.1) is 5.92 Å². The average Bonchev–Trinajstić information content (AvgIpc) is 3.27. The number of carbonyl (C=O) groups is 1. The van der Waals surface area contributed by atoms with Crippen LogP contribution in [-0.2, 0) is 11.3 Å². The summed E-state index contributed by atoms with van der Waals surface area (Å²) in [6.45, 7) is 5.29. The van der Waals surface area contributed by atoms with Crippen LogP contribution in [-0.4, -0.2) is 28.8 Å². The van der Waals surface area contributed by atoms with Crippen molar-refractivity contribution in [2.45, 2.75) is 26.8 Å². The monoisotopic (exact) mass is 417 g/mol. The fourth-order valence-corrected chi connectivity index (χ4v) is 3.90. The molecule has 28 heavy (non-hydrogen) atoms. The van der Waals surface area contributed by atoms with Crippen LogP contribution in [0.15, 0.2) is 45.9 Å². The maximum Gasteiger partial charge on any atom is 0.266 e. The zero-order chi connectivity index (χ0) is 20.1. The number of rotatable bonds is 8. The number of carbonyl (C=O) groups excluding carboxylic acids is 1. The standard InChI is InChI=1S/C21H23NO4S2/c1-14(2)8-10-26-17-7-6-15(11-18(17)24-3)12-19-20(23)22(21(27)28-19)13-16-5-4-9-25-16/h4-7,9,11-12,14H,8,10,13H2,1-3H3/b19-12+. The van der Waals surface area contributed by atoms with Crippen LogP contribution >= 0.6 is 24.0 Å². The van der Waals surface area contributed by atoms with Gasteiger partial charge in [0, 0.05) is 0 Å². The lowest BCUT2D eigenvalue weighted by atomic mass is 10.1. The molecule has 0 aliphatic carbocycles. The van der Waals surface area contributed by atoms with Gasteiger partial charge in [0.2, 0.25) is 0 Å². The zero-order valence-corrected chi connectivity index (χ0v) is 17.8. The summed E-state index contributed by atoms with van der Waals surface area (Å²) in [5.74, 6) is 2.49. The number of amides is 1. The Morgan fingerprint density at radius 1 is 1.29 bits per heavy atom. The van der Waals surface area contributed by atoms with E-state index in [1.165, 1.54) is 11.8 Å². The number of ether oxygens (including phenoxy) is 2. The Morgan fingerprint density at radius 2 is 2.11 bits per heavy atom. The molecule has 7 heteroatoms.